The van der Waals surface area contributed by atoms with Crippen LogP contribution in [-0.4, -0.2) is 5.11 Å². The number of aromatic hydroxyl groups is 1. The second-order valence-electron chi connectivity index (χ2n) is 6.46. The van der Waals surface area contributed by atoms with E-state index in [1.165, 1.54) is 76.2 Å². The summed E-state index contributed by atoms with van der Waals surface area (Å²) in [6.45, 7) is 4.57. The maximum Gasteiger partial charge on any atom is 0.115 e. The summed E-state index contributed by atoms with van der Waals surface area (Å²) in [6, 6.07) is 7.70. The summed E-state index contributed by atoms with van der Waals surface area (Å²) in [7, 11) is 0. The fourth-order valence-electron chi connectivity index (χ4n) is 2.91. The number of phenols is 1. The van der Waals surface area contributed by atoms with Gasteiger partial charge in [-0.1, -0.05) is 90.2 Å². The molecule has 1 nitrogen and oxygen atoms in total. The Hall–Kier alpha value is -0.980. The SMILES string of the molecule is CCCCCCCCCCCCC(C)c1ccc(O)cc1. The van der Waals surface area contributed by atoms with Crippen molar-refractivity contribution >= 4 is 0 Å². The molecule has 1 unspecified atom stereocenters. The molecule has 120 valence electrons. The van der Waals surface area contributed by atoms with Gasteiger partial charge in [-0.15, -0.1) is 0 Å². The van der Waals surface area contributed by atoms with Crippen LogP contribution in [0.25, 0.3) is 0 Å². The van der Waals surface area contributed by atoms with Gasteiger partial charge in [0.2, 0.25) is 0 Å². The van der Waals surface area contributed by atoms with Gasteiger partial charge in [0, 0.05) is 0 Å². The Morgan fingerprint density at radius 1 is 0.762 bits per heavy atom. The zero-order chi connectivity index (χ0) is 15.3. The predicted octanol–water partition coefficient (Wildman–Crippen LogP) is 6.81. The highest BCUT2D eigenvalue weighted by molar-refractivity contribution is 5.27. The lowest BCUT2D eigenvalue weighted by Crippen LogP contribution is -1.93. The molecular weight excluding hydrogens is 256 g/mol. The minimum absolute atomic E-state index is 0.366. The zero-order valence-corrected chi connectivity index (χ0v) is 14.1. The van der Waals surface area contributed by atoms with E-state index in [9.17, 15) is 5.11 Å². The van der Waals surface area contributed by atoms with E-state index in [1.807, 2.05) is 0 Å². The van der Waals surface area contributed by atoms with Crippen LogP contribution in [0.5, 0.6) is 5.75 Å². The first-order valence-corrected chi connectivity index (χ1v) is 9.03. The van der Waals surface area contributed by atoms with E-state index in [-0.39, 0.29) is 0 Å². The van der Waals surface area contributed by atoms with Gasteiger partial charge in [0.15, 0.2) is 0 Å². The second kappa shape index (κ2) is 11.7. The van der Waals surface area contributed by atoms with E-state index in [1.54, 1.807) is 12.1 Å². The summed E-state index contributed by atoms with van der Waals surface area (Å²) in [5, 5.41) is 9.30. The topological polar surface area (TPSA) is 20.2 Å². The molecule has 1 rings (SSSR count). The van der Waals surface area contributed by atoms with Crippen LogP contribution in [0.2, 0.25) is 0 Å². The Balaban J connectivity index is 1.95. The van der Waals surface area contributed by atoms with Crippen LogP contribution in [0, 0.1) is 0 Å². The lowest BCUT2D eigenvalue weighted by molar-refractivity contribution is 0.474. The quantitative estimate of drug-likeness (QED) is 0.419. The van der Waals surface area contributed by atoms with Gasteiger partial charge in [0.1, 0.15) is 5.75 Å². The van der Waals surface area contributed by atoms with Gasteiger partial charge in [0.05, 0.1) is 0 Å². The summed E-state index contributed by atoms with van der Waals surface area (Å²) in [4.78, 5) is 0. The van der Waals surface area contributed by atoms with Crippen molar-refractivity contribution in [3.63, 3.8) is 0 Å². The van der Waals surface area contributed by atoms with Gasteiger partial charge >= 0.3 is 0 Å². The molecule has 1 N–H and O–H groups in total. The van der Waals surface area contributed by atoms with Crippen LogP contribution >= 0.6 is 0 Å². The third-order valence-corrected chi connectivity index (χ3v) is 4.45. The minimum Gasteiger partial charge on any atom is -0.508 e. The molecule has 0 saturated carbocycles. The summed E-state index contributed by atoms with van der Waals surface area (Å²) >= 11 is 0. The van der Waals surface area contributed by atoms with Crippen LogP contribution in [0.4, 0.5) is 0 Å². The Bertz CT molecular complexity index is 341. The first-order valence-electron chi connectivity index (χ1n) is 9.03. The zero-order valence-electron chi connectivity index (χ0n) is 14.1. The minimum atomic E-state index is 0.366. The molecule has 0 spiro atoms. The Labute approximate surface area is 131 Å². The van der Waals surface area contributed by atoms with E-state index in [0.717, 1.165) is 0 Å². The third-order valence-electron chi connectivity index (χ3n) is 4.45. The van der Waals surface area contributed by atoms with Crippen molar-refractivity contribution in [3.8, 4) is 5.75 Å². The smallest absolute Gasteiger partial charge is 0.115 e. The Morgan fingerprint density at radius 2 is 1.24 bits per heavy atom. The lowest BCUT2D eigenvalue weighted by Gasteiger charge is -2.11. The van der Waals surface area contributed by atoms with Crippen LogP contribution in [0.3, 0.4) is 0 Å². The van der Waals surface area contributed by atoms with E-state index in [0.29, 0.717) is 11.7 Å². The van der Waals surface area contributed by atoms with Crippen LogP contribution in [-0.2, 0) is 0 Å². The Kier molecular flexibility index (Phi) is 10.0. The molecular formula is C20H34O. The first-order chi connectivity index (χ1) is 10.2. The standard InChI is InChI=1S/C20H34O/c1-3-4-5-6-7-8-9-10-11-12-13-18(2)19-14-16-20(21)17-15-19/h14-18,21H,3-13H2,1-2H3. The highest BCUT2D eigenvalue weighted by Crippen LogP contribution is 2.24. The first kappa shape index (κ1) is 18.1. The van der Waals surface area contributed by atoms with Crippen LogP contribution < -0.4 is 0 Å². The molecule has 0 aliphatic carbocycles. The van der Waals surface area contributed by atoms with Gasteiger partial charge in [-0.3, -0.25) is 0 Å². The lowest BCUT2D eigenvalue weighted by atomic mass is 9.94. The number of unbranched alkanes of at least 4 members (excludes halogenated alkanes) is 9. The number of phenolic OH excluding ortho intramolecular Hbond substituents is 1. The van der Waals surface area contributed by atoms with Gasteiger partial charge in [-0.2, -0.15) is 0 Å². The molecule has 1 heteroatoms. The molecule has 0 aromatic heterocycles. The monoisotopic (exact) mass is 290 g/mol. The number of benzene rings is 1. The Morgan fingerprint density at radius 3 is 1.76 bits per heavy atom. The molecule has 1 atom stereocenters. The van der Waals surface area contributed by atoms with Crippen molar-refractivity contribution in [1.29, 1.82) is 0 Å². The molecule has 1 aromatic carbocycles. The van der Waals surface area contributed by atoms with Crippen molar-refractivity contribution in [1.82, 2.24) is 0 Å². The average Bonchev–Trinajstić information content (AvgIpc) is 2.49. The summed E-state index contributed by atoms with van der Waals surface area (Å²) in [6.07, 6.45) is 15.3. The molecule has 0 saturated heterocycles. The van der Waals surface area contributed by atoms with Gasteiger partial charge in [-0.25, -0.2) is 0 Å². The molecule has 0 heterocycles. The normalized spacial score (nSPS) is 12.5. The van der Waals surface area contributed by atoms with Crippen molar-refractivity contribution in [2.45, 2.75) is 90.4 Å². The van der Waals surface area contributed by atoms with Gasteiger partial charge in [-0.05, 0) is 30.0 Å². The molecule has 0 aliphatic rings. The van der Waals surface area contributed by atoms with Gasteiger partial charge in [0.25, 0.3) is 0 Å². The van der Waals surface area contributed by atoms with Crippen molar-refractivity contribution in [3.05, 3.63) is 29.8 Å². The number of hydrogen-bond donors (Lipinski definition) is 1. The van der Waals surface area contributed by atoms with E-state index >= 15 is 0 Å². The number of hydrogen-bond acceptors (Lipinski definition) is 1. The largest absolute Gasteiger partial charge is 0.508 e. The fraction of sp³-hybridized carbons (Fsp3) is 0.700. The highest BCUT2D eigenvalue weighted by Gasteiger charge is 2.05. The van der Waals surface area contributed by atoms with Crippen LogP contribution in [0.1, 0.15) is 96.0 Å². The third kappa shape index (κ3) is 8.80. The van der Waals surface area contributed by atoms with Gasteiger partial charge < -0.3 is 5.11 Å². The maximum atomic E-state index is 9.30. The maximum absolute atomic E-state index is 9.30. The van der Waals surface area contributed by atoms with E-state index < -0.39 is 0 Å². The summed E-state index contributed by atoms with van der Waals surface area (Å²) < 4.78 is 0. The summed E-state index contributed by atoms with van der Waals surface area (Å²) in [5.41, 5.74) is 1.35. The molecule has 21 heavy (non-hydrogen) atoms. The van der Waals surface area contributed by atoms with E-state index in [2.05, 4.69) is 26.0 Å². The predicted molar refractivity (Wildman–Crippen MR) is 93.0 cm³/mol. The average molecular weight is 290 g/mol. The molecule has 0 radical (unpaired) electrons. The number of rotatable bonds is 12. The molecule has 0 bridgehead atoms. The summed E-state index contributed by atoms with van der Waals surface area (Å²) in [5.74, 6) is 0.976. The van der Waals surface area contributed by atoms with Crippen molar-refractivity contribution in [2.24, 2.45) is 0 Å². The highest BCUT2D eigenvalue weighted by atomic mass is 16.3. The van der Waals surface area contributed by atoms with Crippen molar-refractivity contribution < 1.29 is 5.11 Å². The molecule has 1 aromatic rings. The second-order valence-corrected chi connectivity index (χ2v) is 6.46. The van der Waals surface area contributed by atoms with Crippen molar-refractivity contribution in [2.75, 3.05) is 0 Å². The van der Waals surface area contributed by atoms with E-state index in [4.69, 9.17) is 0 Å². The fourth-order valence-corrected chi connectivity index (χ4v) is 2.91. The molecule has 0 aliphatic heterocycles. The molecule has 0 fully saturated rings. The molecule has 0 amide bonds. The van der Waals surface area contributed by atoms with Crippen LogP contribution in [0.15, 0.2) is 24.3 Å².